The number of aryl methyl sites for hydroxylation is 1. The van der Waals surface area contributed by atoms with E-state index < -0.39 is 15.4 Å². The van der Waals surface area contributed by atoms with Gasteiger partial charge in [0.2, 0.25) is 9.84 Å². The molecule has 8 heteroatoms. The lowest BCUT2D eigenvalue weighted by Crippen LogP contribution is -2.50. The van der Waals surface area contributed by atoms with Crippen molar-refractivity contribution < 1.29 is 17.9 Å². The van der Waals surface area contributed by atoms with E-state index in [-0.39, 0.29) is 16.0 Å². The van der Waals surface area contributed by atoms with Crippen molar-refractivity contribution in [3.63, 3.8) is 0 Å². The van der Waals surface area contributed by atoms with Gasteiger partial charge in [0.05, 0.1) is 16.1 Å². The Labute approximate surface area is 189 Å². The maximum atomic E-state index is 13.3. The van der Waals surface area contributed by atoms with Crippen LogP contribution < -0.4 is 4.90 Å². The summed E-state index contributed by atoms with van der Waals surface area (Å²) in [5.41, 5.74) is 1.31. The number of carbonyl (C=O) groups is 1. The Balaban J connectivity index is 1.63. The molecule has 1 aliphatic rings. The highest BCUT2D eigenvalue weighted by Gasteiger charge is 2.28. The van der Waals surface area contributed by atoms with Gasteiger partial charge in [0, 0.05) is 38.6 Å². The summed E-state index contributed by atoms with van der Waals surface area (Å²) < 4.78 is 33.7. The van der Waals surface area contributed by atoms with Gasteiger partial charge in [-0.1, -0.05) is 30.3 Å². The fraction of sp³-hybridized carbons (Fsp3) is 0.375. The first-order chi connectivity index (χ1) is 15.1. The fourth-order valence-electron chi connectivity index (χ4n) is 4.06. The fourth-order valence-corrected chi connectivity index (χ4v) is 5.55. The molecule has 1 fully saturated rings. The van der Waals surface area contributed by atoms with Gasteiger partial charge in [0.15, 0.2) is 0 Å². The number of piperazine rings is 1. The monoisotopic (exact) mass is 455 g/mol. The molecule has 0 saturated carbocycles. The molecule has 0 unspecified atom stereocenters. The summed E-state index contributed by atoms with van der Waals surface area (Å²) in [6.07, 6.45) is -0.300. The summed E-state index contributed by atoms with van der Waals surface area (Å²) in [7, 11) is -1.85. The third-order valence-corrected chi connectivity index (χ3v) is 7.43. The second-order valence-corrected chi connectivity index (χ2v) is 10.9. The van der Waals surface area contributed by atoms with Crippen LogP contribution in [0.2, 0.25) is 0 Å². The van der Waals surface area contributed by atoms with Crippen LogP contribution >= 0.6 is 0 Å². The van der Waals surface area contributed by atoms with Gasteiger partial charge in [-0.05, 0) is 45.0 Å². The highest BCUT2D eigenvalue weighted by Crippen LogP contribution is 2.33. The van der Waals surface area contributed by atoms with Crippen LogP contribution in [0.4, 0.5) is 10.5 Å². The van der Waals surface area contributed by atoms with Crippen molar-refractivity contribution in [1.29, 1.82) is 0 Å². The first kappa shape index (κ1) is 22.2. The number of amides is 1. The minimum absolute atomic E-state index is 0.263. The number of hydrogen-bond donors (Lipinski definition) is 0. The summed E-state index contributed by atoms with van der Waals surface area (Å²) in [6, 6.07) is 16.1. The number of sulfone groups is 1. The molecule has 0 spiro atoms. The molecule has 0 radical (unpaired) electrons. The lowest BCUT2D eigenvalue weighted by molar-refractivity contribution is 0.0240. The van der Waals surface area contributed by atoms with E-state index in [1.165, 1.54) is 0 Å². The standard InChI is InChI=1S/C24H29N3O4S/c1-24(2,3)31-23(28)27-15-13-26(14-16-27)20-12-8-9-18-17-21(25(4)22(18)20)32(29,30)19-10-6-5-7-11-19/h5-12,17H,13-16H2,1-4H3. The predicted octanol–water partition coefficient (Wildman–Crippen LogP) is 4.07. The van der Waals surface area contributed by atoms with Crippen LogP contribution in [0.15, 0.2) is 64.5 Å². The molecule has 0 atom stereocenters. The summed E-state index contributed by atoms with van der Waals surface area (Å²) >= 11 is 0. The van der Waals surface area contributed by atoms with E-state index in [9.17, 15) is 13.2 Å². The highest BCUT2D eigenvalue weighted by molar-refractivity contribution is 7.91. The predicted molar refractivity (Wildman–Crippen MR) is 125 cm³/mol. The maximum absolute atomic E-state index is 13.3. The van der Waals surface area contributed by atoms with Crippen LogP contribution in [-0.2, 0) is 21.6 Å². The number of hydrogen-bond acceptors (Lipinski definition) is 5. The van der Waals surface area contributed by atoms with E-state index in [0.29, 0.717) is 26.2 Å². The molecule has 0 N–H and O–H groups in total. The Morgan fingerprint density at radius 1 is 0.938 bits per heavy atom. The van der Waals surface area contributed by atoms with Crippen LogP contribution in [0.5, 0.6) is 0 Å². The zero-order valence-corrected chi connectivity index (χ0v) is 19.7. The number of aromatic nitrogens is 1. The Bertz CT molecular complexity index is 1240. The van der Waals surface area contributed by atoms with Crippen LogP contribution in [0.1, 0.15) is 20.8 Å². The summed E-state index contributed by atoms with van der Waals surface area (Å²) in [5, 5.41) is 1.13. The van der Waals surface area contributed by atoms with E-state index in [0.717, 1.165) is 16.6 Å². The smallest absolute Gasteiger partial charge is 0.410 e. The van der Waals surface area contributed by atoms with E-state index in [4.69, 9.17) is 4.74 Å². The summed E-state index contributed by atoms with van der Waals surface area (Å²) in [6.45, 7) is 7.96. The van der Waals surface area contributed by atoms with Gasteiger partial charge in [-0.15, -0.1) is 0 Å². The van der Waals surface area contributed by atoms with Crippen molar-refractivity contribution in [2.45, 2.75) is 36.3 Å². The first-order valence-electron chi connectivity index (χ1n) is 10.7. The first-order valence-corrected chi connectivity index (χ1v) is 12.2. The normalized spacial score (nSPS) is 15.2. The highest BCUT2D eigenvalue weighted by atomic mass is 32.2. The molecule has 1 saturated heterocycles. The molecular weight excluding hydrogens is 426 g/mol. The van der Waals surface area contributed by atoms with Crippen LogP contribution in [0, 0.1) is 0 Å². The minimum Gasteiger partial charge on any atom is -0.444 e. The van der Waals surface area contributed by atoms with Crippen molar-refractivity contribution in [3.05, 3.63) is 54.6 Å². The van der Waals surface area contributed by atoms with Crippen LogP contribution in [0.25, 0.3) is 10.9 Å². The molecule has 7 nitrogen and oxygen atoms in total. The minimum atomic E-state index is -3.64. The van der Waals surface area contributed by atoms with E-state index in [1.807, 2.05) is 39.0 Å². The van der Waals surface area contributed by atoms with E-state index in [2.05, 4.69) is 4.90 Å². The maximum Gasteiger partial charge on any atom is 0.410 e. The van der Waals surface area contributed by atoms with Gasteiger partial charge in [0.25, 0.3) is 0 Å². The zero-order valence-electron chi connectivity index (χ0n) is 18.9. The number of ether oxygens (including phenoxy) is 1. The summed E-state index contributed by atoms with van der Waals surface area (Å²) in [5.74, 6) is 0. The van der Waals surface area contributed by atoms with E-state index >= 15 is 0 Å². The number of anilines is 1. The molecule has 1 amide bonds. The average molecular weight is 456 g/mol. The molecule has 4 rings (SSSR count). The number of rotatable bonds is 3. The molecule has 1 aliphatic heterocycles. The molecule has 170 valence electrons. The lowest BCUT2D eigenvalue weighted by Gasteiger charge is -2.37. The van der Waals surface area contributed by atoms with Gasteiger partial charge in [-0.2, -0.15) is 0 Å². The molecule has 1 aromatic heterocycles. The summed E-state index contributed by atoms with van der Waals surface area (Å²) in [4.78, 5) is 16.6. The Morgan fingerprint density at radius 2 is 1.59 bits per heavy atom. The molecule has 0 bridgehead atoms. The topological polar surface area (TPSA) is 71.9 Å². The Morgan fingerprint density at radius 3 is 2.22 bits per heavy atom. The van der Waals surface area contributed by atoms with Gasteiger partial charge < -0.3 is 19.1 Å². The SMILES string of the molecule is Cn1c(S(=O)(=O)c2ccccc2)cc2cccc(N3CCN(C(=O)OC(C)(C)C)CC3)c21. The van der Waals surface area contributed by atoms with Crippen molar-refractivity contribution >= 4 is 32.5 Å². The molecule has 32 heavy (non-hydrogen) atoms. The number of carbonyl (C=O) groups excluding carboxylic acids is 1. The largest absolute Gasteiger partial charge is 0.444 e. The van der Waals surface area contributed by atoms with Crippen molar-refractivity contribution in [1.82, 2.24) is 9.47 Å². The van der Waals surface area contributed by atoms with Crippen molar-refractivity contribution in [2.75, 3.05) is 31.1 Å². The zero-order chi connectivity index (χ0) is 23.1. The van der Waals surface area contributed by atoms with E-state index in [1.54, 1.807) is 52.9 Å². The van der Waals surface area contributed by atoms with Crippen molar-refractivity contribution in [2.24, 2.45) is 7.05 Å². The van der Waals surface area contributed by atoms with Crippen LogP contribution in [-0.4, -0.2) is 55.8 Å². The molecular formula is C24H29N3O4S. The molecule has 3 aromatic rings. The van der Waals surface area contributed by atoms with Gasteiger partial charge >= 0.3 is 6.09 Å². The molecule has 0 aliphatic carbocycles. The molecule has 2 aromatic carbocycles. The van der Waals surface area contributed by atoms with Gasteiger partial charge in [-0.3, -0.25) is 0 Å². The Hall–Kier alpha value is -3.00. The number of fused-ring (bicyclic) bond motifs is 1. The third-order valence-electron chi connectivity index (χ3n) is 5.59. The van der Waals surface area contributed by atoms with Gasteiger partial charge in [0.1, 0.15) is 10.6 Å². The Kier molecular flexibility index (Phi) is 5.67. The lowest BCUT2D eigenvalue weighted by atomic mass is 10.2. The second-order valence-electron chi connectivity index (χ2n) is 9.03. The van der Waals surface area contributed by atoms with Gasteiger partial charge in [-0.25, -0.2) is 13.2 Å². The number of benzene rings is 2. The average Bonchev–Trinajstić information content (AvgIpc) is 3.11. The number of para-hydroxylation sites is 1. The second kappa shape index (κ2) is 8.16. The number of nitrogens with zero attached hydrogens (tertiary/aromatic N) is 3. The third kappa shape index (κ3) is 4.19. The van der Waals surface area contributed by atoms with Crippen LogP contribution in [0.3, 0.4) is 0 Å². The quantitative estimate of drug-likeness (QED) is 0.595. The molecule has 2 heterocycles. The van der Waals surface area contributed by atoms with Crippen molar-refractivity contribution in [3.8, 4) is 0 Å².